The number of piperidine rings is 1. The minimum Gasteiger partial charge on any atom is -0.460 e. The Balaban J connectivity index is 0.992. The van der Waals surface area contributed by atoms with E-state index >= 15 is 0 Å². The van der Waals surface area contributed by atoms with E-state index in [0.29, 0.717) is 89.6 Å². The smallest absolute Gasteiger partial charge is 0.308 e. The van der Waals surface area contributed by atoms with Gasteiger partial charge in [0.25, 0.3) is 5.56 Å². The summed E-state index contributed by atoms with van der Waals surface area (Å²) in [6.07, 6.45) is 3.62. The second kappa shape index (κ2) is 21.3. The van der Waals surface area contributed by atoms with Crippen LogP contribution in [-0.2, 0) is 45.1 Å². The van der Waals surface area contributed by atoms with Gasteiger partial charge in [0.05, 0.1) is 83.6 Å². The molecule has 0 aliphatic carbocycles. The zero-order chi connectivity index (χ0) is 40.8. The quantitative estimate of drug-likeness (QED) is 0.0853. The molecule has 0 spiro atoms. The lowest BCUT2D eigenvalue weighted by Gasteiger charge is -2.31. The van der Waals surface area contributed by atoms with Crippen molar-refractivity contribution in [3.05, 3.63) is 75.8 Å². The number of fused-ring (bicyclic) bond motifs is 1. The topological polar surface area (TPSA) is 158 Å². The summed E-state index contributed by atoms with van der Waals surface area (Å²) in [5.41, 5.74) is 4.38. The predicted molar refractivity (Wildman–Crippen MR) is 214 cm³/mol. The van der Waals surface area contributed by atoms with Crippen molar-refractivity contribution < 1.29 is 38.0 Å². The molecule has 15 heteroatoms. The fourth-order valence-corrected chi connectivity index (χ4v) is 6.66. The van der Waals surface area contributed by atoms with Crippen molar-refractivity contribution in [1.82, 2.24) is 29.2 Å². The van der Waals surface area contributed by atoms with Crippen LogP contribution >= 0.6 is 0 Å². The Bertz CT molecular complexity index is 1920. The molecule has 15 nitrogen and oxygen atoms in total. The van der Waals surface area contributed by atoms with E-state index in [-0.39, 0.29) is 42.4 Å². The summed E-state index contributed by atoms with van der Waals surface area (Å²) in [5.74, 6) is 0.552. The average molecular weight is 791 g/mol. The van der Waals surface area contributed by atoms with Gasteiger partial charge in [0, 0.05) is 37.3 Å². The number of ether oxygens (including phenoxy) is 6. The Hall–Kier alpha value is -4.54. The number of carbonyl (C=O) groups excluding carboxylic acids is 2. The SMILES string of the molecule is Cc1cc(-c2nc3cnc(C4CCN(C(=O)COCCOCCOCCOCCOCCC(=O)OC(C)(C)C)CC4)cc3n2C(C)c2ccccc2)nn(C)c1=O. The Kier molecular flexibility index (Phi) is 16.3. The third-order valence-corrected chi connectivity index (χ3v) is 9.59. The zero-order valence-corrected chi connectivity index (χ0v) is 34.2. The van der Waals surface area contributed by atoms with Gasteiger partial charge < -0.3 is 37.9 Å². The molecule has 1 unspecified atom stereocenters. The maximum Gasteiger partial charge on any atom is 0.308 e. The van der Waals surface area contributed by atoms with Gasteiger partial charge in [-0.25, -0.2) is 9.67 Å². The molecule has 4 aromatic rings. The van der Waals surface area contributed by atoms with Crippen LogP contribution in [0.15, 0.2) is 53.5 Å². The van der Waals surface area contributed by atoms with Gasteiger partial charge in [-0.3, -0.25) is 19.4 Å². The molecule has 1 saturated heterocycles. The van der Waals surface area contributed by atoms with Gasteiger partial charge in [-0.05, 0) is 65.2 Å². The highest BCUT2D eigenvalue weighted by Crippen LogP contribution is 2.34. The van der Waals surface area contributed by atoms with Crippen LogP contribution in [0.5, 0.6) is 0 Å². The van der Waals surface area contributed by atoms with Gasteiger partial charge >= 0.3 is 5.97 Å². The van der Waals surface area contributed by atoms with E-state index in [2.05, 4.69) is 34.8 Å². The number of aryl methyl sites for hydroxylation is 2. The third kappa shape index (κ3) is 13.0. The van der Waals surface area contributed by atoms with E-state index in [9.17, 15) is 14.4 Å². The molecule has 1 fully saturated rings. The van der Waals surface area contributed by atoms with Crippen LogP contribution in [0, 0.1) is 6.92 Å². The summed E-state index contributed by atoms with van der Waals surface area (Å²) >= 11 is 0. The fraction of sp³-hybridized carbons (Fsp3) is 0.571. The number of amides is 1. The zero-order valence-electron chi connectivity index (χ0n) is 34.2. The van der Waals surface area contributed by atoms with Crippen LogP contribution in [-0.4, -0.2) is 126 Å². The van der Waals surface area contributed by atoms with Crippen molar-refractivity contribution in [3.63, 3.8) is 0 Å². The first kappa shape index (κ1) is 43.6. The van der Waals surface area contributed by atoms with Crippen LogP contribution in [0.1, 0.15) is 75.7 Å². The number of nitrogens with zero attached hydrogens (tertiary/aromatic N) is 6. The Labute approximate surface area is 334 Å². The molecule has 0 N–H and O–H groups in total. The number of hydrogen-bond donors (Lipinski definition) is 0. The molecule has 4 heterocycles. The highest BCUT2D eigenvalue weighted by molar-refractivity contribution is 5.80. The Morgan fingerprint density at radius 3 is 2.05 bits per heavy atom. The summed E-state index contributed by atoms with van der Waals surface area (Å²) in [4.78, 5) is 48.7. The Morgan fingerprint density at radius 2 is 1.46 bits per heavy atom. The lowest BCUT2D eigenvalue weighted by molar-refractivity contribution is -0.156. The average Bonchev–Trinajstić information content (AvgIpc) is 3.58. The lowest BCUT2D eigenvalue weighted by atomic mass is 9.93. The van der Waals surface area contributed by atoms with Crippen molar-refractivity contribution in [1.29, 1.82) is 0 Å². The number of pyridine rings is 1. The van der Waals surface area contributed by atoms with E-state index < -0.39 is 5.60 Å². The normalized spacial score (nSPS) is 14.3. The first-order chi connectivity index (χ1) is 27.4. The summed E-state index contributed by atoms with van der Waals surface area (Å²) in [7, 11) is 1.66. The molecule has 1 aliphatic heterocycles. The highest BCUT2D eigenvalue weighted by Gasteiger charge is 2.27. The van der Waals surface area contributed by atoms with E-state index in [4.69, 9.17) is 38.4 Å². The molecule has 1 amide bonds. The van der Waals surface area contributed by atoms with Gasteiger partial charge in [0.2, 0.25) is 5.91 Å². The second-order valence-electron chi connectivity index (χ2n) is 15.1. The minimum absolute atomic E-state index is 0.00865. The van der Waals surface area contributed by atoms with E-state index in [1.54, 1.807) is 20.0 Å². The predicted octanol–water partition coefficient (Wildman–Crippen LogP) is 4.63. The van der Waals surface area contributed by atoms with Gasteiger partial charge in [-0.15, -0.1) is 0 Å². The molecule has 0 bridgehead atoms. The molecule has 57 heavy (non-hydrogen) atoms. The molecule has 310 valence electrons. The van der Waals surface area contributed by atoms with Crippen molar-refractivity contribution in [2.45, 2.75) is 71.4 Å². The van der Waals surface area contributed by atoms with Gasteiger partial charge in [-0.2, -0.15) is 5.10 Å². The number of imidazole rings is 1. The first-order valence-electron chi connectivity index (χ1n) is 19.8. The van der Waals surface area contributed by atoms with Gasteiger partial charge in [0.15, 0.2) is 5.82 Å². The van der Waals surface area contributed by atoms with E-state index in [1.807, 2.05) is 50.1 Å². The summed E-state index contributed by atoms with van der Waals surface area (Å²) < 4.78 is 36.3. The molecule has 0 saturated carbocycles. The molecule has 1 aliphatic rings. The summed E-state index contributed by atoms with van der Waals surface area (Å²) in [5, 5.41) is 4.57. The number of benzene rings is 1. The number of likely N-dealkylation sites (tertiary alicyclic amines) is 1. The molecular formula is C42H58N6O9. The molecule has 1 aromatic carbocycles. The lowest BCUT2D eigenvalue weighted by Crippen LogP contribution is -2.40. The fourth-order valence-electron chi connectivity index (χ4n) is 6.66. The molecule has 1 atom stereocenters. The summed E-state index contributed by atoms with van der Waals surface area (Å²) in [6.45, 7) is 14.2. The molecular weight excluding hydrogens is 732 g/mol. The molecule has 3 aromatic heterocycles. The number of carbonyl (C=O) groups is 2. The number of esters is 1. The van der Waals surface area contributed by atoms with Gasteiger partial charge in [-0.1, -0.05) is 30.3 Å². The number of aromatic nitrogens is 5. The summed E-state index contributed by atoms with van der Waals surface area (Å²) in [6, 6.07) is 14.1. The maximum absolute atomic E-state index is 12.9. The van der Waals surface area contributed by atoms with Crippen LogP contribution in [0.4, 0.5) is 0 Å². The van der Waals surface area contributed by atoms with E-state index in [1.165, 1.54) is 4.68 Å². The van der Waals surface area contributed by atoms with Crippen molar-refractivity contribution in [2.24, 2.45) is 7.05 Å². The number of hydrogen-bond acceptors (Lipinski definition) is 12. The monoisotopic (exact) mass is 790 g/mol. The van der Waals surface area contributed by atoms with Crippen LogP contribution < -0.4 is 5.56 Å². The third-order valence-electron chi connectivity index (χ3n) is 9.59. The van der Waals surface area contributed by atoms with Crippen LogP contribution in [0.3, 0.4) is 0 Å². The highest BCUT2D eigenvalue weighted by atomic mass is 16.6. The van der Waals surface area contributed by atoms with Crippen LogP contribution in [0.25, 0.3) is 22.6 Å². The van der Waals surface area contributed by atoms with Crippen LogP contribution in [0.2, 0.25) is 0 Å². The van der Waals surface area contributed by atoms with Crippen molar-refractivity contribution in [2.75, 3.05) is 79.2 Å². The first-order valence-corrected chi connectivity index (χ1v) is 19.8. The van der Waals surface area contributed by atoms with Gasteiger partial charge in [0.1, 0.15) is 23.4 Å². The largest absolute Gasteiger partial charge is 0.460 e. The Morgan fingerprint density at radius 1 is 0.860 bits per heavy atom. The molecule has 5 rings (SSSR count). The number of rotatable bonds is 21. The standard InChI is InChI=1S/C42H58N6O9/c1-30-26-35(45-46(6)41(30)51)40-44-36-28-43-34(27-37(36)48(40)31(2)32-10-8-7-9-11-32)33-12-15-47(16-13-33)38(49)29-56-25-24-55-23-22-54-21-20-53-19-18-52-17-14-39(50)57-42(3,4)5/h7-11,26-28,31,33H,12-25,29H2,1-6H3. The molecule has 0 radical (unpaired) electrons. The maximum atomic E-state index is 12.9. The van der Waals surface area contributed by atoms with E-state index in [0.717, 1.165) is 35.1 Å². The van der Waals surface area contributed by atoms with Crippen molar-refractivity contribution in [3.8, 4) is 11.5 Å². The minimum atomic E-state index is -0.492. The van der Waals surface area contributed by atoms with Crippen molar-refractivity contribution >= 4 is 22.9 Å². The second-order valence-corrected chi connectivity index (χ2v) is 15.1.